The van der Waals surface area contributed by atoms with Gasteiger partial charge in [0.15, 0.2) is 0 Å². The molecule has 1 fully saturated rings. The molecule has 0 amide bonds. The number of aliphatic hydroxyl groups is 2. The Hall–Kier alpha value is -0.120. The molecule has 0 aliphatic carbocycles. The Labute approximate surface area is 67.6 Å². The molecule has 3 atom stereocenters. The van der Waals surface area contributed by atoms with Gasteiger partial charge in [-0.15, -0.1) is 0 Å². The van der Waals surface area contributed by atoms with Crippen molar-refractivity contribution in [2.45, 2.75) is 38.5 Å². The van der Waals surface area contributed by atoms with E-state index in [9.17, 15) is 10.2 Å². The van der Waals surface area contributed by atoms with Crippen molar-refractivity contribution in [3.63, 3.8) is 0 Å². The number of hydrogen-bond donors (Lipinski definition) is 2. The Bertz CT molecular complexity index is 127. The van der Waals surface area contributed by atoms with Gasteiger partial charge in [0.25, 0.3) is 0 Å². The van der Waals surface area contributed by atoms with Crippen LogP contribution in [-0.2, 0) is 0 Å². The van der Waals surface area contributed by atoms with Crippen LogP contribution in [0, 0.1) is 0 Å². The van der Waals surface area contributed by atoms with Crippen molar-refractivity contribution in [1.82, 2.24) is 4.90 Å². The van der Waals surface area contributed by atoms with Crippen molar-refractivity contribution in [3.8, 4) is 0 Å². The smallest absolute Gasteiger partial charge is 0.0679 e. The van der Waals surface area contributed by atoms with Gasteiger partial charge in [0.1, 0.15) is 0 Å². The summed E-state index contributed by atoms with van der Waals surface area (Å²) in [5, 5.41) is 18.5. The van der Waals surface area contributed by atoms with Crippen LogP contribution in [0.2, 0.25) is 0 Å². The predicted octanol–water partition coefficient (Wildman–Crippen LogP) is -0.178. The fourth-order valence-corrected chi connectivity index (χ4v) is 1.44. The second-order valence-corrected chi connectivity index (χ2v) is 3.42. The van der Waals surface area contributed by atoms with Crippen LogP contribution in [0.1, 0.15) is 20.3 Å². The van der Waals surface area contributed by atoms with Crippen molar-refractivity contribution in [2.75, 3.05) is 13.1 Å². The largest absolute Gasteiger partial charge is 0.392 e. The lowest BCUT2D eigenvalue weighted by atomic mass is 10.2. The van der Waals surface area contributed by atoms with Crippen LogP contribution in [0.4, 0.5) is 0 Å². The first-order valence-electron chi connectivity index (χ1n) is 4.21. The highest BCUT2D eigenvalue weighted by Gasteiger charge is 2.26. The maximum absolute atomic E-state index is 9.24. The fraction of sp³-hybridized carbons (Fsp3) is 1.00. The first kappa shape index (κ1) is 8.97. The summed E-state index contributed by atoms with van der Waals surface area (Å²) in [6.07, 6.45) is 0.355. The third kappa shape index (κ3) is 2.15. The number of rotatable bonds is 2. The molecule has 1 saturated heterocycles. The number of β-amino-alcohol motifs (C(OH)–C–C–N with tert-alkyl or cyclic N) is 1. The van der Waals surface area contributed by atoms with Gasteiger partial charge in [-0.3, -0.25) is 4.90 Å². The van der Waals surface area contributed by atoms with E-state index in [1.165, 1.54) is 0 Å². The average Bonchev–Trinajstić information content (AvgIpc) is 2.34. The van der Waals surface area contributed by atoms with E-state index in [-0.39, 0.29) is 18.2 Å². The third-order valence-corrected chi connectivity index (χ3v) is 2.47. The molecule has 3 nitrogen and oxygen atoms in total. The first-order chi connectivity index (χ1) is 5.11. The number of hydrogen-bond acceptors (Lipinski definition) is 3. The van der Waals surface area contributed by atoms with Crippen LogP contribution in [0.5, 0.6) is 0 Å². The van der Waals surface area contributed by atoms with Gasteiger partial charge in [0, 0.05) is 19.1 Å². The normalized spacial score (nSPS) is 32.2. The first-order valence-corrected chi connectivity index (χ1v) is 4.21. The van der Waals surface area contributed by atoms with Crippen molar-refractivity contribution in [3.05, 3.63) is 0 Å². The molecule has 11 heavy (non-hydrogen) atoms. The molecule has 0 aromatic rings. The van der Waals surface area contributed by atoms with E-state index in [1.807, 2.05) is 6.92 Å². The lowest BCUT2D eigenvalue weighted by molar-refractivity contribution is 0.0752. The minimum Gasteiger partial charge on any atom is -0.392 e. The van der Waals surface area contributed by atoms with Crippen molar-refractivity contribution in [2.24, 2.45) is 0 Å². The Morgan fingerprint density at radius 1 is 1.45 bits per heavy atom. The molecular weight excluding hydrogens is 142 g/mol. The third-order valence-electron chi connectivity index (χ3n) is 2.47. The van der Waals surface area contributed by atoms with E-state index in [2.05, 4.69) is 4.90 Å². The molecule has 1 aliphatic heterocycles. The Kier molecular flexibility index (Phi) is 2.87. The molecule has 1 aliphatic rings. The van der Waals surface area contributed by atoms with Gasteiger partial charge >= 0.3 is 0 Å². The Morgan fingerprint density at radius 3 is 2.45 bits per heavy atom. The molecule has 3 heteroatoms. The van der Waals surface area contributed by atoms with E-state index in [4.69, 9.17) is 0 Å². The molecule has 0 spiro atoms. The number of aliphatic hydroxyl groups excluding tert-OH is 2. The molecule has 0 saturated carbocycles. The van der Waals surface area contributed by atoms with Crippen molar-refractivity contribution >= 4 is 0 Å². The lowest BCUT2D eigenvalue weighted by Gasteiger charge is -2.25. The standard InChI is InChI=1S/C8H17NO2/c1-6(7(2)10)9-4-3-8(11)5-9/h6-8,10-11H,3-5H2,1-2H3. The molecule has 2 N–H and O–H groups in total. The quantitative estimate of drug-likeness (QED) is 0.587. The molecule has 3 unspecified atom stereocenters. The highest BCUT2D eigenvalue weighted by Crippen LogP contribution is 2.14. The molecule has 1 rings (SSSR count). The van der Waals surface area contributed by atoms with Gasteiger partial charge in [0.05, 0.1) is 12.2 Å². The summed E-state index contributed by atoms with van der Waals surface area (Å²) >= 11 is 0. The van der Waals surface area contributed by atoms with E-state index in [0.29, 0.717) is 6.54 Å². The number of likely N-dealkylation sites (tertiary alicyclic amines) is 1. The second-order valence-electron chi connectivity index (χ2n) is 3.42. The summed E-state index contributed by atoms with van der Waals surface area (Å²) in [6, 6.07) is 0.173. The molecular formula is C8H17NO2. The summed E-state index contributed by atoms with van der Waals surface area (Å²) in [5.41, 5.74) is 0. The lowest BCUT2D eigenvalue weighted by Crippen LogP contribution is -2.39. The van der Waals surface area contributed by atoms with Gasteiger partial charge in [-0.25, -0.2) is 0 Å². The molecule has 1 heterocycles. The topological polar surface area (TPSA) is 43.7 Å². The Morgan fingerprint density at radius 2 is 2.09 bits per heavy atom. The summed E-state index contributed by atoms with van der Waals surface area (Å²) in [5.74, 6) is 0. The number of nitrogens with zero attached hydrogens (tertiary/aromatic N) is 1. The van der Waals surface area contributed by atoms with Crippen molar-refractivity contribution < 1.29 is 10.2 Å². The van der Waals surface area contributed by atoms with Crippen LogP contribution in [-0.4, -0.2) is 46.5 Å². The van der Waals surface area contributed by atoms with Gasteiger partial charge in [-0.05, 0) is 20.3 Å². The minimum atomic E-state index is -0.305. The van der Waals surface area contributed by atoms with E-state index >= 15 is 0 Å². The monoisotopic (exact) mass is 159 g/mol. The zero-order valence-electron chi connectivity index (χ0n) is 7.20. The van der Waals surface area contributed by atoms with Crippen LogP contribution >= 0.6 is 0 Å². The zero-order valence-corrected chi connectivity index (χ0v) is 7.20. The van der Waals surface area contributed by atoms with Crippen molar-refractivity contribution in [1.29, 1.82) is 0 Å². The average molecular weight is 159 g/mol. The summed E-state index contributed by atoms with van der Waals surface area (Å²) in [6.45, 7) is 5.40. The maximum atomic E-state index is 9.24. The zero-order chi connectivity index (χ0) is 8.43. The summed E-state index contributed by atoms with van der Waals surface area (Å²) in [7, 11) is 0. The van der Waals surface area contributed by atoms with E-state index in [0.717, 1.165) is 13.0 Å². The second kappa shape index (κ2) is 3.52. The molecule has 0 aromatic heterocycles. The summed E-state index contributed by atoms with van der Waals surface area (Å²) in [4.78, 5) is 2.12. The molecule has 66 valence electrons. The van der Waals surface area contributed by atoms with Gasteiger partial charge in [-0.1, -0.05) is 0 Å². The predicted molar refractivity (Wildman–Crippen MR) is 43.3 cm³/mol. The van der Waals surface area contributed by atoms with Gasteiger partial charge < -0.3 is 10.2 Å². The highest BCUT2D eigenvalue weighted by molar-refractivity contribution is 4.80. The molecule has 0 bridgehead atoms. The SMILES string of the molecule is CC(O)C(C)N1CCC(O)C1. The van der Waals surface area contributed by atoms with Crippen LogP contribution < -0.4 is 0 Å². The molecule has 0 aromatic carbocycles. The minimum absolute atomic E-state index is 0.173. The summed E-state index contributed by atoms with van der Waals surface area (Å²) < 4.78 is 0. The van der Waals surface area contributed by atoms with Gasteiger partial charge in [-0.2, -0.15) is 0 Å². The van der Waals surface area contributed by atoms with E-state index in [1.54, 1.807) is 6.92 Å². The maximum Gasteiger partial charge on any atom is 0.0679 e. The van der Waals surface area contributed by atoms with Crippen LogP contribution in [0.25, 0.3) is 0 Å². The fourth-order valence-electron chi connectivity index (χ4n) is 1.44. The van der Waals surface area contributed by atoms with Gasteiger partial charge in [0.2, 0.25) is 0 Å². The molecule has 0 radical (unpaired) electrons. The van der Waals surface area contributed by atoms with Crippen LogP contribution in [0.3, 0.4) is 0 Å². The Balaban J connectivity index is 2.36. The van der Waals surface area contributed by atoms with Crippen LogP contribution in [0.15, 0.2) is 0 Å². The van der Waals surface area contributed by atoms with E-state index < -0.39 is 0 Å². The highest BCUT2D eigenvalue weighted by atomic mass is 16.3.